The summed E-state index contributed by atoms with van der Waals surface area (Å²) < 4.78 is 5.37. The largest absolute Gasteiger partial charge is 0.495 e. The fourth-order valence-electron chi connectivity index (χ4n) is 11.8. The maximum absolute atomic E-state index is 11.2. The second-order valence-corrected chi connectivity index (χ2v) is 27.2. The van der Waals surface area contributed by atoms with Crippen molar-refractivity contribution in [2.75, 3.05) is 28.4 Å². The number of hydrogen-bond acceptors (Lipinski definition) is 21. The molecule has 0 spiro atoms. The number of methoxy groups -OCH3 is 1. The Kier molecular flexibility index (Phi) is 27.2. The van der Waals surface area contributed by atoms with E-state index in [1.807, 2.05) is 110 Å². The Labute approximate surface area is 636 Å². The molecule has 0 saturated heterocycles. The van der Waals surface area contributed by atoms with Crippen molar-refractivity contribution >= 4 is 126 Å². The normalized spacial score (nSPS) is 10.7. The van der Waals surface area contributed by atoms with Crippen LogP contribution in [0.3, 0.4) is 0 Å². The number of hydrogen-bond donors (Lipinski definition) is 8. The van der Waals surface area contributed by atoms with Gasteiger partial charge in [0.2, 0.25) is 0 Å². The number of nitrogens with one attached hydrogen (secondary N) is 4. The Hall–Kier alpha value is -11.6. The fraction of sp³-hybridized carbons (Fsp3) is 0.220. The number of benzene rings is 5. The van der Waals surface area contributed by atoms with Crippen molar-refractivity contribution in [3.63, 3.8) is 0 Å². The number of carbonyl (C=O) groups is 4. The summed E-state index contributed by atoms with van der Waals surface area (Å²) in [7, 11) is 1.51. The van der Waals surface area contributed by atoms with Crippen LogP contribution >= 0.6 is 45.3 Å². The summed E-state index contributed by atoms with van der Waals surface area (Å²) in [5.74, 6) is 2.73. The van der Waals surface area contributed by atoms with Gasteiger partial charge in [0.25, 0.3) is 0 Å². The highest BCUT2D eigenvalue weighted by molar-refractivity contribution is 7.09. The van der Waals surface area contributed by atoms with Crippen molar-refractivity contribution in [3.8, 4) is 51.3 Å². The monoisotopic (exact) mass is 1510 g/mol. The van der Waals surface area contributed by atoms with Gasteiger partial charge in [-0.25, -0.2) is 54.3 Å². The van der Waals surface area contributed by atoms with E-state index in [-0.39, 0.29) is 23.1 Å². The maximum atomic E-state index is 11.2. The molecule has 13 aromatic rings. The molecular weight excluding hydrogens is 1430 g/mol. The molecule has 8 aromatic heterocycles. The first-order valence-corrected chi connectivity index (χ1v) is 38.7. The Morgan fingerprint density at radius 3 is 1.03 bits per heavy atom. The zero-order chi connectivity index (χ0) is 76.1. The second kappa shape index (κ2) is 37.4. The molecule has 0 aliphatic carbocycles. The van der Waals surface area contributed by atoms with E-state index < -0.39 is 23.9 Å². The molecule has 0 radical (unpaired) electrons. The molecule has 107 heavy (non-hydrogen) atoms. The summed E-state index contributed by atoms with van der Waals surface area (Å²) in [6.45, 7) is 16.7. The molecule has 8 N–H and O–H groups in total. The SMILES string of the molecule is CCc1nc(-c2ccsc2)nc(Nc2ccc(C(=O)O)cc2)c1CC.CCc1nc(-c2ccsc2)nc(Nc2ccc(C(=O)O)cc2OC)c1CC.CCc1nc(-c2ccsc2)nc(Nc2ccc(CC(=O)O)cc2)c1CC.CCc1nc(-c2ccsc2)nc(Nc2ccc3cc(C(=O)O)ccc3c2)c1CC. The molecule has 13 rings (SSSR count). The number of aryl methyl sites for hydroxylation is 4. The molecule has 0 bridgehead atoms. The molecule has 21 nitrogen and oxygen atoms in total. The summed E-state index contributed by atoms with van der Waals surface area (Å²) in [5, 5.41) is 67.8. The van der Waals surface area contributed by atoms with Crippen LogP contribution in [0.1, 0.15) is 137 Å². The van der Waals surface area contributed by atoms with Crippen LogP contribution in [-0.2, 0) is 62.6 Å². The molecular formula is C82H82N12O9S4. The van der Waals surface area contributed by atoms with Crippen molar-refractivity contribution < 1.29 is 44.3 Å². The minimum absolute atomic E-state index is 0.0241. The smallest absolute Gasteiger partial charge is 0.335 e. The lowest BCUT2D eigenvalue weighted by Gasteiger charge is -2.16. The van der Waals surface area contributed by atoms with Gasteiger partial charge in [-0.1, -0.05) is 79.7 Å². The molecule has 0 fully saturated rings. The first-order valence-electron chi connectivity index (χ1n) is 35.0. The van der Waals surface area contributed by atoms with Crippen molar-refractivity contribution in [3.05, 3.63) is 238 Å². The number of aromatic carboxylic acids is 3. The molecule has 0 saturated carbocycles. The first kappa shape index (κ1) is 78.0. The van der Waals surface area contributed by atoms with E-state index in [0.717, 1.165) is 181 Å². The standard InChI is InChI=1S/C23H21N3O2S.C20H21N3O3S.C20H21N3O2S.C19H19N3O2S/c1-3-19-20(4-2)25-21(17-9-10-29-13-17)26-22(19)24-18-8-7-14-11-16(23(27)28)6-5-15(14)12-18;1-4-14-15(5-2)21-18(13-8-9-27-11-13)23-19(14)22-16-7-6-12(20(24)25)10-17(16)26-3;1-3-16-17(4-2)22-19(14-9-10-26-12-14)23-20(16)21-15-7-5-13(6-8-15)11-18(24)25;1-3-15-16(4-2)21-17(13-9-10-25-11-13)22-18(15)20-14-7-5-12(6-8-14)19(23)24/h5-13H,3-4H2,1-2H3,(H,27,28)(H,24,25,26);6-11H,4-5H2,1-3H3,(H,24,25)(H,21,22,23);5-10,12H,3-4,11H2,1-2H3,(H,24,25)(H,21,22,23);5-11H,3-4H2,1-2H3,(H,23,24)(H,20,21,22). The van der Waals surface area contributed by atoms with E-state index in [9.17, 15) is 29.4 Å². The minimum Gasteiger partial charge on any atom is -0.495 e. The van der Waals surface area contributed by atoms with E-state index in [4.69, 9.17) is 54.8 Å². The molecule has 25 heteroatoms. The highest BCUT2D eigenvalue weighted by Crippen LogP contribution is 2.35. The maximum Gasteiger partial charge on any atom is 0.335 e. The summed E-state index contributed by atoms with van der Waals surface area (Å²) in [5.41, 5.74) is 17.3. The third-order valence-corrected chi connectivity index (χ3v) is 20.0. The topological polar surface area (TPSA) is 310 Å². The van der Waals surface area contributed by atoms with Crippen LogP contribution in [0.4, 0.5) is 46.0 Å². The lowest BCUT2D eigenvalue weighted by atomic mass is 10.1. The van der Waals surface area contributed by atoms with Gasteiger partial charge in [-0.2, -0.15) is 45.3 Å². The number of carboxylic acids is 4. The van der Waals surface area contributed by atoms with Crippen LogP contribution in [0, 0.1) is 0 Å². The van der Waals surface area contributed by atoms with Gasteiger partial charge >= 0.3 is 23.9 Å². The number of aliphatic carboxylic acids is 1. The van der Waals surface area contributed by atoms with Gasteiger partial charge in [-0.15, -0.1) is 0 Å². The Balaban J connectivity index is 0.000000153. The van der Waals surface area contributed by atoms with Gasteiger partial charge < -0.3 is 46.4 Å². The van der Waals surface area contributed by atoms with Gasteiger partial charge in [-0.05, 0) is 192 Å². The van der Waals surface area contributed by atoms with Crippen LogP contribution in [0.5, 0.6) is 5.75 Å². The van der Waals surface area contributed by atoms with E-state index in [1.54, 1.807) is 93.9 Å². The average molecular weight is 1510 g/mol. The zero-order valence-electron chi connectivity index (χ0n) is 60.6. The van der Waals surface area contributed by atoms with E-state index in [0.29, 0.717) is 28.9 Å². The van der Waals surface area contributed by atoms with Crippen molar-refractivity contribution in [2.45, 2.75) is 113 Å². The van der Waals surface area contributed by atoms with Gasteiger partial charge in [0.1, 0.15) is 29.0 Å². The summed E-state index contributed by atoms with van der Waals surface area (Å²) in [4.78, 5) is 82.2. The molecule has 0 aliphatic rings. The van der Waals surface area contributed by atoms with E-state index >= 15 is 0 Å². The number of nitrogens with zero attached hydrogens (tertiary/aromatic N) is 8. The lowest BCUT2D eigenvalue weighted by molar-refractivity contribution is -0.136. The number of anilines is 8. The van der Waals surface area contributed by atoms with Crippen LogP contribution < -0.4 is 26.0 Å². The van der Waals surface area contributed by atoms with Crippen LogP contribution in [-0.4, -0.2) is 91.3 Å². The minimum atomic E-state index is -0.996. The van der Waals surface area contributed by atoms with Crippen molar-refractivity contribution in [2.24, 2.45) is 0 Å². The Morgan fingerprint density at radius 2 is 0.682 bits per heavy atom. The number of carboxylic acid groups (broad SMARTS) is 4. The number of aromatic nitrogens is 8. The zero-order valence-corrected chi connectivity index (χ0v) is 63.9. The van der Waals surface area contributed by atoms with Gasteiger partial charge in [0.05, 0.1) is 35.9 Å². The quantitative estimate of drug-likeness (QED) is 0.0250. The van der Waals surface area contributed by atoms with Gasteiger partial charge in [-0.3, -0.25) is 4.79 Å². The molecule has 8 heterocycles. The lowest BCUT2D eigenvalue weighted by Crippen LogP contribution is -2.08. The summed E-state index contributed by atoms with van der Waals surface area (Å²) in [6.07, 6.45) is 6.62. The first-order chi connectivity index (χ1) is 51.9. The Morgan fingerprint density at radius 1 is 0.355 bits per heavy atom. The number of thiophene rings is 4. The molecule has 0 unspecified atom stereocenters. The predicted molar refractivity (Wildman–Crippen MR) is 432 cm³/mol. The average Bonchev–Trinajstić information content (AvgIpc) is 1.45. The summed E-state index contributed by atoms with van der Waals surface area (Å²) >= 11 is 6.47. The number of rotatable bonds is 26. The number of fused-ring (bicyclic) bond motifs is 1. The van der Waals surface area contributed by atoms with Crippen molar-refractivity contribution in [1.29, 1.82) is 0 Å². The number of ether oxygens (including phenoxy) is 1. The highest BCUT2D eigenvalue weighted by Gasteiger charge is 2.21. The molecule has 0 aliphatic heterocycles. The van der Waals surface area contributed by atoms with Crippen molar-refractivity contribution in [1.82, 2.24) is 39.9 Å². The fourth-order valence-corrected chi connectivity index (χ4v) is 14.3. The van der Waals surface area contributed by atoms with Gasteiger partial charge in [0, 0.05) is 106 Å². The van der Waals surface area contributed by atoms with Crippen LogP contribution in [0.2, 0.25) is 0 Å². The van der Waals surface area contributed by atoms with E-state index in [1.165, 1.54) is 13.2 Å². The van der Waals surface area contributed by atoms with E-state index in [2.05, 4.69) is 82.0 Å². The molecule has 0 atom stereocenters. The second-order valence-electron chi connectivity index (χ2n) is 24.1. The Bertz CT molecular complexity index is 5200. The predicted octanol–water partition coefficient (Wildman–Crippen LogP) is 20.2. The molecule has 0 amide bonds. The van der Waals surface area contributed by atoms with Gasteiger partial charge in [0.15, 0.2) is 23.3 Å². The third kappa shape index (κ3) is 19.9. The summed E-state index contributed by atoms with van der Waals surface area (Å²) in [6, 6.07) is 37.9. The van der Waals surface area contributed by atoms with Crippen LogP contribution in [0.25, 0.3) is 56.3 Å². The van der Waals surface area contributed by atoms with Crippen LogP contribution in [0.15, 0.2) is 170 Å². The highest BCUT2D eigenvalue weighted by atomic mass is 32.1. The molecule has 548 valence electrons. The third-order valence-electron chi connectivity index (χ3n) is 17.3. The molecule has 5 aromatic carbocycles.